The molecule has 0 aromatic rings. The summed E-state index contributed by atoms with van der Waals surface area (Å²) in [4.78, 5) is 20.8. The van der Waals surface area contributed by atoms with Crippen LogP contribution in [0.15, 0.2) is 0 Å². The second kappa shape index (κ2) is 21.7. The summed E-state index contributed by atoms with van der Waals surface area (Å²) >= 11 is 0. The average Bonchev–Trinajstić information content (AvgIpc) is 2.77. The van der Waals surface area contributed by atoms with Crippen LogP contribution in [0, 0.1) is 0 Å². The van der Waals surface area contributed by atoms with Gasteiger partial charge in [0.2, 0.25) is 0 Å². The third-order valence-electron chi connectivity index (χ3n) is 5.55. The first-order valence-electron chi connectivity index (χ1n) is 13.2. The summed E-state index contributed by atoms with van der Waals surface area (Å²) in [6, 6.07) is 0. The molecule has 0 aliphatic carbocycles. The molecule has 0 bridgehead atoms. The topological polar surface area (TPSA) is 95.8 Å². The molecule has 0 aromatic carbocycles. The van der Waals surface area contributed by atoms with E-state index in [0.29, 0.717) is 0 Å². The fourth-order valence-corrected chi connectivity index (χ4v) is 6.58. The molecule has 0 aliphatic heterocycles. The Balaban J connectivity index is -0.000000569. The molecule has 0 amide bonds. The Morgan fingerprint density at radius 3 is 0.600 bits per heavy atom. The van der Waals surface area contributed by atoms with Crippen LogP contribution in [0.2, 0.25) is 0 Å². The smallest absolute Gasteiger partial charge is 0.367 e. The van der Waals surface area contributed by atoms with E-state index < -0.39 is 18.1 Å². The van der Waals surface area contributed by atoms with E-state index in [-0.39, 0.29) is 58.3 Å². The van der Waals surface area contributed by atoms with Crippen LogP contribution in [-0.4, -0.2) is 64.3 Å². The SMILES string of the molecule is CCC(C)O[Si](O)(OC(C)CC)OC(C)CC.CCC(C)O[Si](O)(OC(C)CC)OC(C)CC.[Ti]. The van der Waals surface area contributed by atoms with Gasteiger partial charge in [-0.05, 0) is 80.1 Å². The maximum Gasteiger partial charge on any atom is 0.677 e. The molecule has 0 aromatic heterocycles. The summed E-state index contributed by atoms with van der Waals surface area (Å²) in [6.45, 7) is 23.5. The summed E-state index contributed by atoms with van der Waals surface area (Å²) < 4.78 is 33.5. The largest absolute Gasteiger partial charge is 0.677 e. The Bertz CT molecular complexity index is 388. The third kappa shape index (κ3) is 20.5. The van der Waals surface area contributed by atoms with Crippen LogP contribution in [0.4, 0.5) is 0 Å². The molecule has 35 heavy (non-hydrogen) atoms. The molecule has 0 aliphatic rings. The van der Waals surface area contributed by atoms with Crippen LogP contribution in [0.25, 0.3) is 0 Å². The molecule has 11 heteroatoms. The van der Waals surface area contributed by atoms with Crippen molar-refractivity contribution in [1.82, 2.24) is 0 Å². The van der Waals surface area contributed by atoms with Crippen molar-refractivity contribution in [2.24, 2.45) is 0 Å². The Morgan fingerprint density at radius 1 is 0.400 bits per heavy atom. The van der Waals surface area contributed by atoms with Crippen molar-refractivity contribution in [2.45, 2.75) is 158 Å². The first-order chi connectivity index (χ1) is 15.7. The Kier molecular flexibility index (Phi) is 25.0. The summed E-state index contributed by atoms with van der Waals surface area (Å²) in [7, 11) is -7.00. The zero-order valence-electron chi connectivity index (χ0n) is 24.6. The van der Waals surface area contributed by atoms with Crippen LogP contribution in [0.1, 0.15) is 122 Å². The van der Waals surface area contributed by atoms with Gasteiger partial charge in [0, 0.05) is 58.3 Å². The fraction of sp³-hybridized carbons (Fsp3) is 1.00. The van der Waals surface area contributed by atoms with Crippen LogP contribution in [0.3, 0.4) is 0 Å². The van der Waals surface area contributed by atoms with Crippen LogP contribution < -0.4 is 0 Å². The van der Waals surface area contributed by atoms with E-state index in [1.807, 2.05) is 83.1 Å². The van der Waals surface area contributed by atoms with Crippen LogP contribution >= 0.6 is 0 Å². The van der Waals surface area contributed by atoms with Crippen LogP contribution in [-0.2, 0) is 48.3 Å². The van der Waals surface area contributed by atoms with Crippen molar-refractivity contribution in [3.63, 3.8) is 0 Å². The summed E-state index contributed by atoms with van der Waals surface area (Å²) in [6.07, 6.45) is 4.60. The monoisotopic (exact) mass is 576 g/mol. The number of hydrogen-bond donors (Lipinski definition) is 2. The summed E-state index contributed by atoms with van der Waals surface area (Å²) in [5.74, 6) is 0. The molecule has 0 saturated carbocycles. The Labute approximate surface area is 233 Å². The first-order valence-corrected chi connectivity index (χ1v) is 16.6. The summed E-state index contributed by atoms with van der Waals surface area (Å²) in [5.41, 5.74) is 0. The van der Waals surface area contributed by atoms with Crippen molar-refractivity contribution < 1.29 is 57.9 Å². The van der Waals surface area contributed by atoms with Gasteiger partial charge in [0.15, 0.2) is 0 Å². The maximum absolute atomic E-state index is 10.4. The molecular formula is C24H56O8Si2Ti. The van der Waals surface area contributed by atoms with E-state index in [1.165, 1.54) is 0 Å². The first kappa shape index (κ1) is 40.3. The van der Waals surface area contributed by atoms with Gasteiger partial charge >= 0.3 is 18.1 Å². The molecule has 6 unspecified atom stereocenters. The standard InChI is InChI=1S/2C12H28O4Si.Ti/c2*1-7-10(4)14-17(13,15-11(5)8-2)16-12(6)9-3;/h2*10-13H,7-9H2,1-6H3;. The molecule has 0 saturated heterocycles. The molecule has 2 N–H and O–H groups in total. The average molecular weight is 577 g/mol. The van der Waals surface area contributed by atoms with E-state index in [0.717, 1.165) is 38.5 Å². The Morgan fingerprint density at radius 2 is 0.514 bits per heavy atom. The van der Waals surface area contributed by atoms with E-state index in [4.69, 9.17) is 26.6 Å². The van der Waals surface area contributed by atoms with Gasteiger partial charge in [-0.2, -0.15) is 0 Å². The summed E-state index contributed by atoms with van der Waals surface area (Å²) in [5, 5.41) is 0. The minimum absolute atomic E-state index is 0. The molecule has 0 spiro atoms. The zero-order valence-corrected chi connectivity index (χ0v) is 28.1. The van der Waals surface area contributed by atoms with Gasteiger partial charge in [-0.1, -0.05) is 41.5 Å². The Hall–Kier alpha value is 0.828. The van der Waals surface area contributed by atoms with E-state index >= 15 is 0 Å². The molecule has 0 radical (unpaired) electrons. The molecule has 0 rings (SSSR count). The number of hydrogen-bond acceptors (Lipinski definition) is 8. The molecule has 8 nitrogen and oxygen atoms in total. The number of rotatable bonds is 18. The fourth-order valence-electron chi connectivity index (χ4n) is 2.19. The minimum atomic E-state index is -3.50. The van der Waals surface area contributed by atoms with E-state index in [1.54, 1.807) is 0 Å². The van der Waals surface area contributed by atoms with Gasteiger partial charge in [-0.3, -0.25) is 0 Å². The van der Waals surface area contributed by atoms with Gasteiger partial charge in [-0.15, -0.1) is 0 Å². The van der Waals surface area contributed by atoms with Gasteiger partial charge in [0.05, 0.1) is 0 Å². The molecule has 0 heterocycles. The molecule has 212 valence electrons. The predicted octanol–water partition coefficient (Wildman–Crippen LogP) is 5.72. The van der Waals surface area contributed by atoms with Gasteiger partial charge in [-0.25, -0.2) is 0 Å². The van der Waals surface area contributed by atoms with Crippen LogP contribution in [0.5, 0.6) is 0 Å². The molecule has 6 atom stereocenters. The quantitative estimate of drug-likeness (QED) is 0.200. The molecule has 0 fully saturated rings. The van der Waals surface area contributed by atoms with Gasteiger partial charge in [0.25, 0.3) is 0 Å². The van der Waals surface area contributed by atoms with E-state index in [2.05, 4.69) is 0 Å². The normalized spacial score (nSPS) is 20.1. The van der Waals surface area contributed by atoms with Crippen molar-refractivity contribution in [3.8, 4) is 0 Å². The zero-order chi connectivity index (χ0) is 26.9. The van der Waals surface area contributed by atoms with Crippen molar-refractivity contribution >= 4 is 18.1 Å². The predicted molar refractivity (Wildman–Crippen MR) is 141 cm³/mol. The van der Waals surface area contributed by atoms with Gasteiger partial charge in [0.1, 0.15) is 0 Å². The van der Waals surface area contributed by atoms with E-state index in [9.17, 15) is 9.59 Å². The second-order valence-corrected chi connectivity index (χ2v) is 12.6. The molecular weight excluding hydrogens is 520 g/mol. The minimum Gasteiger partial charge on any atom is -0.367 e. The van der Waals surface area contributed by atoms with Crippen molar-refractivity contribution in [2.75, 3.05) is 0 Å². The maximum atomic E-state index is 10.4. The third-order valence-corrected chi connectivity index (χ3v) is 9.75. The van der Waals surface area contributed by atoms with Crippen molar-refractivity contribution in [1.29, 1.82) is 0 Å². The second-order valence-electron chi connectivity index (χ2n) is 9.07. The van der Waals surface area contributed by atoms with Gasteiger partial charge < -0.3 is 36.1 Å². The van der Waals surface area contributed by atoms with Crippen molar-refractivity contribution in [3.05, 3.63) is 0 Å².